The minimum absolute atomic E-state index is 0.0227. The highest BCUT2D eigenvalue weighted by molar-refractivity contribution is 7.14. The second-order valence-corrected chi connectivity index (χ2v) is 4.07. The maximum absolute atomic E-state index is 11.3. The van der Waals surface area contributed by atoms with Crippen molar-refractivity contribution in [2.75, 3.05) is 26.1 Å². The van der Waals surface area contributed by atoms with Gasteiger partial charge in [-0.25, -0.2) is 4.98 Å². The van der Waals surface area contributed by atoms with E-state index < -0.39 is 17.7 Å². The van der Waals surface area contributed by atoms with Crippen molar-refractivity contribution < 1.29 is 23.9 Å². The Kier molecular flexibility index (Phi) is 5.40. The summed E-state index contributed by atoms with van der Waals surface area (Å²) in [7, 11) is 2.60. The second-order valence-electron chi connectivity index (χ2n) is 3.21. The van der Waals surface area contributed by atoms with Crippen LogP contribution < -0.4 is 5.32 Å². The van der Waals surface area contributed by atoms with Gasteiger partial charge in [0.2, 0.25) is 5.78 Å². The smallest absolute Gasteiger partial charge is 0.311 e. The molecule has 1 heterocycles. The fourth-order valence-corrected chi connectivity index (χ4v) is 1.73. The standard InChI is InChI=1S/C10H12N2O5S/c1-16-4-7(13)9(15)12-10-11-6(5-18-10)3-8(14)17-2/h5H,3-4H2,1-2H3,(H,11,12,15). The summed E-state index contributed by atoms with van der Waals surface area (Å²) in [5.74, 6) is -1.91. The highest BCUT2D eigenvalue weighted by Gasteiger charge is 2.15. The zero-order valence-electron chi connectivity index (χ0n) is 9.89. The average Bonchev–Trinajstić information content (AvgIpc) is 2.76. The van der Waals surface area contributed by atoms with Gasteiger partial charge in [0.25, 0.3) is 5.91 Å². The number of thiazole rings is 1. The molecule has 0 aliphatic carbocycles. The SMILES string of the molecule is COCC(=O)C(=O)Nc1nc(CC(=O)OC)cs1. The van der Waals surface area contributed by atoms with E-state index >= 15 is 0 Å². The lowest BCUT2D eigenvalue weighted by Gasteiger charge is -1.99. The number of ketones is 1. The van der Waals surface area contributed by atoms with Gasteiger partial charge in [-0.05, 0) is 0 Å². The topological polar surface area (TPSA) is 94.6 Å². The molecular formula is C10H12N2O5S. The fraction of sp³-hybridized carbons (Fsp3) is 0.400. The summed E-state index contributed by atoms with van der Waals surface area (Å²) in [5.41, 5.74) is 0.473. The van der Waals surface area contributed by atoms with Gasteiger partial charge in [0.15, 0.2) is 5.13 Å². The minimum Gasteiger partial charge on any atom is -0.469 e. The Morgan fingerprint density at radius 3 is 2.72 bits per heavy atom. The van der Waals surface area contributed by atoms with Gasteiger partial charge >= 0.3 is 5.97 Å². The Balaban J connectivity index is 2.56. The molecule has 0 atom stereocenters. The molecule has 0 spiro atoms. The second kappa shape index (κ2) is 6.82. The Hall–Kier alpha value is -1.80. The van der Waals surface area contributed by atoms with Crippen LogP contribution >= 0.6 is 11.3 Å². The first-order valence-electron chi connectivity index (χ1n) is 4.91. The van der Waals surface area contributed by atoms with Gasteiger partial charge in [-0.3, -0.25) is 19.7 Å². The molecule has 98 valence electrons. The predicted molar refractivity (Wildman–Crippen MR) is 63.3 cm³/mol. The van der Waals surface area contributed by atoms with Gasteiger partial charge < -0.3 is 9.47 Å². The van der Waals surface area contributed by atoms with Crippen LogP contribution in [0.15, 0.2) is 5.38 Å². The van der Waals surface area contributed by atoms with Crippen molar-refractivity contribution in [3.05, 3.63) is 11.1 Å². The van der Waals surface area contributed by atoms with E-state index in [1.165, 1.54) is 14.2 Å². The highest BCUT2D eigenvalue weighted by Crippen LogP contribution is 2.15. The largest absolute Gasteiger partial charge is 0.469 e. The lowest BCUT2D eigenvalue weighted by atomic mass is 10.3. The fourth-order valence-electron chi connectivity index (χ4n) is 1.03. The van der Waals surface area contributed by atoms with Crippen LogP contribution in [0.3, 0.4) is 0 Å². The molecule has 1 amide bonds. The molecule has 8 heteroatoms. The van der Waals surface area contributed by atoms with E-state index in [9.17, 15) is 14.4 Å². The Labute approximate surface area is 107 Å². The number of carbonyl (C=O) groups excluding carboxylic acids is 3. The molecule has 0 saturated carbocycles. The summed E-state index contributed by atoms with van der Waals surface area (Å²) >= 11 is 1.12. The number of nitrogens with one attached hydrogen (secondary N) is 1. The number of hydrogen-bond donors (Lipinski definition) is 1. The Morgan fingerprint density at radius 2 is 2.11 bits per heavy atom. The van der Waals surface area contributed by atoms with E-state index in [4.69, 9.17) is 0 Å². The molecule has 0 fully saturated rings. The first kappa shape index (κ1) is 14.3. The lowest BCUT2D eigenvalue weighted by Crippen LogP contribution is -2.26. The number of hydrogen-bond acceptors (Lipinski definition) is 7. The number of nitrogens with zero attached hydrogens (tertiary/aromatic N) is 1. The summed E-state index contributed by atoms with van der Waals surface area (Å²) in [6.45, 7) is -0.285. The van der Waals surface area contributed by atoms with Crippen molar-refractivity contribution >= 4 is 34.1 Å². The van der Waals surface area contributed by atoms with Crippen LogP contribution in [0, 0.1) is 0 Å². The molecule has 0 saturated heterocycles. The Bertz CT molecular complexity index is 457. The normalized spacial score (nSPS) is 9.89. The van der Waals surface area contributed by atoms with E-state index in [0.29, 0.717) is 5.69 Å². The molecule has 1 aromatic rings. The van der Waals surface area contributed by atoms with Crippen LogP contribution in [-0.4, -0.2) is 43.5 Å². The third-order valence-corrected chi connectivity index (χ3v) is 2.66. The molecule has 0 aliphatic rings. The molecule has 0 radical (unpaired) electrons. The van der Waals surface area contributed by atoms with E-state index in [2.05, 4.69) is 19.8 Å². The number of esters is 1. The molecule has 18 heavy (non-hydrogen) atoms. The van der Waals surface area contributed by atoms with Crippen LogP contribution in [0.2, 0.25) is 0 Å². The minimum atomic E-state index is -0.796. The number of methoxy groups -OCH3 is 2. The zero-order valence-corrected chi connectivity index (χ0v) is 10.7. The number of anilines is 1. The highest BCUT2D eigenvalue weighted by atomic mass is 32.1. The van der Waals surface area contributed by atoms with Crippen molar-refractivity contribution in [3.63, 3.8) is 0 Å². The number of Topliss-reactive ketones (excluding diaryl/α,β-unsaturated/α-hetero) is 1. The maximum Gasteiger partial charge on any atom is 0.311 e. The van der Waals surface area contributed by atoms with Crippen LogP contribution in [0.4, 0.5) is 5.13 Å². The zero-order chi connectivity index (χ0) is 13.5. The average molecular weight is 272 g/mol. The van der Waals surface area contributed by atoms with Crippen LogP contribution in [-0.2, 0) is 30.3 Å². The van der Waals surface area contributed by atoms with Crippen molar-refractivity contribution in [2.24, 2.45) is 0 Å². The molecule has 7 nitrogen and oxygen atoms in total. The molecular weight excluding hydrogens is 260 g/mol. The van der Waals surface area contributed by atoms with E-state index in [0.717, 1.165) is 11.3 Å². The quantitative estimate of drug-likeness (QED) is 0.579. The van der Waals surface area contributed by atoms with Crippen molar-refractivity contribution in [2.45, 2.75) is 6.42 Å². The number of aromatic nitrogens is 1. The Morgan fingerprint density at radius 1 is 1.39 bits per heavy atom. The molecule has 1 rings (SSSR count). The van der Waals surface area contributed by atoms with Crippen molar-refractivity contribution in [3.8, 4) is 0 Å². The van der Waals surface area contributed by atoms with Crippen molar-refractivity contribution in [1.82, 2.24) is 4.98 Å². The van der Waals surface area contributed by atoms with Crippen molar-refractivity contribution in [1.29, 1.82) is 0 Å². The van der Waals surface area contributed by atoms with Gasteiger partial charge in [0.1, 0.15) is 6.61 Å². The number of carbonyl (C=O) groups is 3. The van der Waals surface area contributed by atoms with Crippen LogP contribution in [0.25, 0.3) is 0 Å². The van der Waals surface area contributed by atoms with E-state index in [-0.39, 0.29) is 18.2 Å². The monoisotopic (exact) mass is 272 g/mol. The van der Waals surface area contributed by atoms with Gasteiger partial charge in [-0.1, -0.05) is 0 Å². The maximum atomic E-state index is 11.3. The third kappa shape index (κ3) is 4.22. The molecule has 0 aliphatic heterocycles. The molecule has 1 N–H and O–H groups in total. The summed E-state index contributed by atoms with van der Waals surface area (Å²) in [4.78, 5) is 37.4. The third-order valence-electron chi connectivity index (χ3n) is 1.85. The molecule has 0 bridgehead atoms. The first-order valence-corrected chi connectivity index (χ1v) is 5.79. The van der Waals surface area contributed by atoms with Gasteiger partial charge in [-0.2, -0.15) is 0 Å². The van der Waals surface area contributed by atoms with E-state index in [1.54, 1.807) is 5.38 Å². The van der Waals surface area contributed by atoms with Gasteiger partial charge in [0, 0.05) is 12.5 Å². The van der Waals surface area contributed by atoms with Crippen LogP contribution in [0.5, 0.6) is 0 Å². The van der Waals surface area contributed by atoms with Gasteiger partial charge in [-0.15, -0.1) is 11.3 Å². The lowest BCUT2D eigenvalue weighted by molar-refractivity contribution is -0.139. The van der Waals surface area contributed by atoms with Crippen LogP contribution in [0.1, 0.15) is 5.69 Å². The summed E-state index contributed by atoms with van der Waals surface area (Å²) in [6.07, 6.45) is 0.0227. The molecule has 0 unspecified atom stereocenters. The number of rotatable bonds is 6. The molecule has 0 aromatic carbocycles. The number of ether oxygens (including phenoxy) is 2. The van der Waals surface area contributed by atoms with Gasteiger partial charge in [0.05, 0.1) is 19.2 Å². The molecule has 1 aromatic heterocycles. The predicted octanol–water partition coefficient (Wildman–Crippen LogP) is 0.0126. The first-order chi connectivity index (χ1) is 8.56. The van der Waals surface area contributed by atoms with E-state index in [1.807, 2.05) is 0 Å². The summed E-state index contributed by atoms with van der Waals surface area (Å²) in [6, 6.07) is 0. The summed E-state index contributed by atoms with van der Waals surface area (Å²) in [5, 5.41) is 4.18. The summed E-state index contributed by atoms with van der Waals surface area (Å²) < 4.78 is 9.03. The number of amides is 1.